The molecule has 130 valence electrons. The van der Waals surface area contributed by atoms with Crippen LogP contribution in [-0.4, -0.2) is 29.1 Å². The van der Waals surface area contributed by atoms with Gasteiger partial charge in [0.05, 0.1) is 5.56 Å². The molecule has 0 atom stereocenters. The van der Waals surface area contributed by atoms with Gasteiger partial charge in [-0.05, 0) is 41.6 Å². The van der Waals surface area contributed by atoms with Crippen LogP contribution in [0.25, 0.3) is 10.8 Å². The van der Waals surface area contributed by atoms with Gasteiger partial charge in [0, 0.05) is 6.54 Å². The topological polar surface area (TPSA) is 40.5 Å². The van der Waals surface area contributed by atoms with Gasteiger partial charge in [-0.15, -0.1) is 0 Å². The summed E-state index contributed by atoms with van der Waals surface area (Å²) in [5.74, 6) is -0.884. The predicted molar refractivity (Wildman–Crippen MR) is 104 cm³/mol. The van der Waals surface area contributed by atoms with E-state index in [1.54, 1.807) is 12.1 Å². The van der Waals surface area contributed by atoms with E-state index in [0.717, 1.165) is 30.4 Å². The van der Waals surface area contributed by atoms with Crippen molar-refractivity contribution in [2.75, 3.05) is 13.1 Å². The van der Waals surface area contributed by atoms with Crippen molar-refractivity contribution in [1.29, 1.82) is 0 Å². The van der Waals surface area contributed by atoms with Crippen molar-refractivity contribution < 1.29 is 9.90 Å². The summed E-state index contributed by atoms with van der Waals surface area (Å²) in [6.07, 6.45) is 0. The number of carboxylic acid groups (broad SMARTS) is 1. The van der Waals surface area contributed by atoms with Crippen LogP contribution in [0.2, 0.25) is 0 Å². The molecule has 0 aliphatic carbocycles. The van der Waals surface area contributed by atoms with Gasteiger partial charge in [0.1, 0.15) is 0 Å². The van der Waals surface area contributed by atoms with E-state index in [1.165, 1.54) is 5.56 Å². The van der Waals surface area contributed by atoms with Crippen LogP contribution in [0.1, 0.15) is 29.8 Å². The molecule has 0 saturated carbocycles. The van der Waals surface area contributed by atoms with Crippen molar-refractivity contribution in [3.63, 3.8) is 0 Å². The number of fused-ring (bicyclic) bond motifs is 1. The molecule has 0 spiro atoms. The number of carboxylic acids is 1. The van der Waals surface area contributed by atoms with Crippen LogP contribution in [0.4, 0.5) is 0 Å². The molecule has 3 rings (SSSR count). The molecular formula is C22H25NO2. The lowest BCUT2D eigenvalue weighted by Gasteiger charge is -2.17. The fourth-order valence-electron chi connectivity index (χ4n) is 2.61. The Morgan fingerprint density at radius 3 is 2.04 bits per heavy atom. The van der Waals surface area contributed by atoms with E-state index in [9.17, 15) is 4.79 Å². The average Bonchev–Trinajstić information content (AvgIpc) is 2.67. The maximum Gasteiger partial charge on any atom is 0.335 e. The molecule has 0 fully saturated rings. The van der Waals surface area contributed by atoms with Crippen molar-refractivity contribution in [2.45, 2.75) is 20.4 Å². The number of aromatic carboxylic acids is 1. The SMILES string of the molecule is CCN(CC)Cc1ccccc1.O=C(O)c1ccc2ccccc2c1. The molecule has 25 heavy (non-hydrogen) atoms. The largest absolute Gasteiger partial charge is 0.478 e. The summed E-state index contributed by atoms with van der Waals surface area (Å²) < 4.78 is 0. The van der Waals surface area contributed by atoms with Crippen molar-refractivity contribution >= 4 is 16.7 Å². The third-order valence-corrected chi connectivity index (χ3v) is 4.14. The van der Waals surface area contributed by atoms with E-state index in [4.69, 9.17) is 5.11 Å². The van der Waals surface area contributed by atoms with E-state index in [1.807, 2.05) is 30.3 Å². The Balaban J connectivity index is 0.000000181. The number of hydrogen-bond acceptors (Lipinski definition) is 2. The molecule has 0 aliphatic rings. The Morgan fingerprint density at radius 2 is 1.44 bits per heavy atom. The van der Waals surface area contributed by atoms with Crippen molar-refractivity contribution in [3.05, 3.63) is 83.9 Å². The zero-order chi connectivity index (χ0) is 18.1. The quantitative estimate of drug-likeness (QED) is 0.708. The first-order valence-electron chi connectivity index (χ1n) is 8.62. The smallest absolute Gasteiger partial charge is 0.335 e. The molecule has 3 aromatic rings. The highest BCUT2D eigenvalue weighted by atomic mass is 16.4. The van der Waals surface area contributed by atoms with Crippen molar-refractivity contribution in [1.82, 2.24) is 4.90 Å². The summed E-state index contributed by atoms with van der Waals surface area (Å²) in [7, 11) is 0. The van der Waals surface area contributed by atoms with Gasteiger partial charge in [0.15, 0.2) is 0 Å². The molecule has 0 radical (unpaired) electrons. The van der Waals surface area contributed by atoms with Crippen LogP contribution in [0.15, 0.2) is 72.8 Å². The van der Waals surface area contributed by atoms with Crippen molar-refractivity contribution in [2.24, 2.45) is 0 Å². The second-order valence-electron chi connectivity index (χ2n) is 5.81. The Morgan fingerprint density at radius 1 is 0.840 bits per heavy atom. The highest BCUT2D eigenvalue weighted by Crippen LogP contribution is 2.15. The Kier molecular flexibility index (Phi) is 7.17. The Hall–Kier alpha value is -2.65. The highest BCUT2D eigenvalue weighted by molar-refractivity contribution is 5.94. The molecule has 3 aromatic carbocycles. The number of nitrogens with zero attached hydrogens (tertiary/aromatic N) is 1. The van der Waals surface area contributed by atoms with Crippen LogP contribution in [0.5, 0.6) is 0 Å². The third kappa shape index (κ3) is 5.73. The molecule has 0 bridgehead atoms. The first kappa shape index (κ1) is 18.7. The molecule has 0 aliphatic heterocycles. The fraction of sp³-hybridized carbons (Fsp3) is 0.227. The van der Waals surface area contributed by atoms with Gasteiger partial charge < -0.3 is 5.11 Å². The summed E-state index contributed by atoms with van der Waals surface area (Å²) in [5.41, 5.74) is 1.74. The normalized spacial score (nSPS) is 10.4. The van der Waals surface area contributed by atoms with Crippen LogP contribution >= 0.6 is 0 Å². The number of benzene rings is 3. The minimum Gasteiger partial charge on any atom is -0.478 e. The standard InChI is InChI=1S/C11H17N.C11H8O2/c1-3-12(4-2)10-11-8-6-5-7-9-11;12-11(13)10-6-5-8-3-1-2-4-9(8)7-10/h5-9H,3-4,10H2,1-2H3;1-7H,(H,12,13). The Labute approximate surface area is 149 Å². The Bertz CT molecular complexity index is 795. The molecule has 1 N–H and O–H groups in total. The maximum absolute atomic E-state index is 10.6. The second-order valence-corrected chi connectivity index (χ2v) is 5.81. The fourth-order valence-corrected chi connectivity index (χ4v) is 2.61. The monoisotopic (exact) mass is 335 g/mol. The summed E-state index contributed by atoms with van der Waals surface area (Å²) in [6, 6.07) is 23.4. The minimum atomic E-state index is -0.884. The lowest BCUT2D eigenvalue weighted by molar-refractivity contribution is 0.0697. The highest BCUT2D eigenvalue weighted by Gasteiger charge is 2.02. The average molecular weight is 335 g/mol. The van der Waals surface area contributed by atoms with Crippen LogP contribution in [0.3, 0.4) is 0 Å². The maximum atomic E-state index is 10.6. The van der Waals surface area contributed by atoms with E-state index in [2.05, 4.69) is 49.1 Å². The van der Waals surface area contributed by atoms with Gasteiger partial charge in [-0.25, -0.2) is 4.79 Å². The van der Waals surface area contributed by atoms with Gasteiger partial charge in [0.2, 0.25) is 0 Å². The summed E-state index contributed by atoms with van der Waals surface area (Å²) >= 11 is 0. The van der Waals surface area contributed by atoms with Gasteiger partial charge in [-0.1, -0.05) is 74.5 Å². The minimum absolute atomic E-state index is 0.332. The molecular weight excluding hydrogens is 310 g/mol. The molecule has 0 unspecified atom stereocenters. The summed E-state index contributed by atoms with van der Waals surface area (Å²) in [5, 5.41) is 10.8. The molecule has 0 aromatic heterocycles. The summed E-state index contributed by atoms with van der Waals surface area (Å²) in [4.78, 5) is 13.1. The molecule has 3 heteroatoms. The van der Waals surface area contributed by atoms with E-state index < -0.39 is 5.97 Å². The van der Waals surface area contributed by atoms with E-state index in [0.29, 0.717) is 5.56 Å². The van der Waals surface area contributed by atoms with Crippen LogP contribution in [0, 0.1) is 0 Å². The zero-order valence-electron chi connectivity index (χ0n) is 14.9. The summed E-state index contributed by atoms with van der Waals surface area (Å²) in [6.45, 7) is 7.74. The zero-order valence-corrected chi connectivity index (χ0v) is 14.9. The van der Waals surface area contributed by atoms with E-state index in [-0.39, 0.29) is 0 Å². The third-order valence-electron chi connectivity index (χ3n) is 4.14. The molecule has 0 amide bonds. The number of hydrogen-bond donors (Lipinski definition) is 1. The van der Waals surface area contributed by atoms with Gasteiger partial charge in [-0.3, -0.25) is 4.90 Å². The lowest BCUT2D eigenvalue weighted by Crippen LogP contribution is -2.21. The second kappa shape index (κ2) is 9.60. The molecule has 0 heterocycles. The molecule has 3 nitrogen and oxygen atoms in total. The van der Waals surface area contributed by atoms with Gasteiger partial charge in [-0.2, -0.15) is 0 Å². The number of rotatable bonds is 5. The van der Waals surface area contributed by atoms with Crippen LogP contribution in [-0.2, 0) is 6.54 Å². The van der Waals surface area contributed by atoms with Gasteiger partial charge in [0.25, 0.3) is 0 Å². The van der Waals surface area contributed by atoms with Gasteiger partial charge >= 0.3 is 5.97 Å². The predicted octanol–water partition coefficient (Wildman–Crippen LogP) is 5.07. The van der Waals surface area contributed by atoms with E-state index >= 15 is 0 Å². The van der Waals surface area contributed by atoms with Crippen LogP contribution < -0.4 is 0 Å². The first-order chi connectivity index (χ1) is 12.1. The lowest BCUT2D eigenvalue weighted by atomic mass is 10.1. The molecule has 0 saturated heterocycles. The first-order valence-corrected chi connectivity index (χ1v) is 8.62. The van der Waals surface area contributed by atoms with Crippen molar-refractivity contribution in [3.8, 4) is 0 Å². The number of carbonyl (C=O) groups is 1.